The fourth-order valence-electron chi connectivity index (χ4n) is 4.22. The second-order valence-corrected chi connectivity index (χ2v) is 10.9. The van der Waals surface area contributed by atoms with Crippen molar-refractivity contribution >= 4 is 35.0 Å². The van der Waals surface area contributed by atoms with Crippen LogP contribution in [0.1, 0.15) is 19.3 Å². The van der Waals surface area contributed by atoms with Gasteiger partial charge < -0.3 is 0 Å². The zero-order valence-corrected chi connectivity index (χ0v) is 17.3. The lowest BCUT2D eigenvalue weighted by molar-refractivity contribution is -0.138. The number of hydrogen-bond acceptors (Lipinski definition) is 2. The quantitative estimate of drug-likeness (QED) is 0.448. The minimum absolute atomic E-state index is 0.0296. The first-order valence-corrected chi connectivity index (χ1v) is 12.1. The number of rotatable bonds is 7. The molecule has 3 aromatic rings. The fraction of sp³-hybridized carbons (Fsp3) is 0.200. The monoisotopic (exact) mass is 402 g/mol. The lowest BCUT2D eigenvalue weighted by Gasteiger charge is -2.28. The standard InChI is InChI=1S/C25H25NO2P/c27-24-17-18-25(28)26(24)19-10-20-29(21-11-4-1-5-12-21,22-13-6-2-7-14-22)23-15-8-3-9-16-23/h1-9,11-16H,10,17-20H2/q+1. The van der Waals surface area contributed by atoms with Crippen LogP contribution in [-0.2, 0) is 9.59 Å². The highest BCUT2D eigenvalue weighted by Crippen LogP contribution is 2.55. The van der Waals surface area contributed by atoms with Crippen molar-refractivity contribution in [3.05, 3.63) is 91.0 Å². The molecule has 0 radical (unpaired) electrons. The van der Waals surface area contributed by atoms with E-state index < -0.39 is 7.26 Å². The Kier molecular flexibility index (Phi) is 5.87. The van der Waals surface area contributed by atoms with Gasteiger partial charge in [0.2, 0.25) is 11.8 Å². The third kappa shape index (κ3) is 3.88. The van der Waals surface area contributed by atoms with E-state index in [1.54, 1.807) is 0 Å². The summed E-state index contributed by atoms with van der Waals surface area (Å²) >= 11 is 0. The lowest BCUT2D eigenvalue weighted by atomic mass is 10.3. The molecule has 0 unspecified atom stereocenters. The average molecular weight is 402 g/mol. The van der Waals surface area contributed by atoms with E-state index in [2.05, 4.69) is 91.0 Å². The van der Waals surface area contributed by atoms with E-state index in [9.17, 15) is 9.59 Å². The predicted molar refractivity (Wildman–Crippen MR) is 121 cm³/mol. The van der Waals surface area contributed by atoms with Crippen LogP contribution in [0.2, 0.25) is 0 Å². The van der Waals surface area contributed by atoms with Gasteiger partial charge in [-0.05, 0) is 36.4 Å². The van der Waals surface area contributed by atoms with Gasteiger partial charge in [-0.1, -0.05) is 54.6 Å². The van der Waals surface area contributed by atoms with Gasteiger partial charge in [0.05, 0.1) is 6.16 Å². The highest BCUT2D eigenvalue weighted by Gasteiger charge is 2.45. The molecule has 0 spiro atoms. The number of hydrogen-bond donors (Lipinski definition) is 0. The van der Waals surface area contributed by atoms with Crippen LogP contribution in [-0.4, -0.2) is 29.4 Å². The molecule has 0 atom stereocenters. The SMILES string of the molecule is O=C1CCC(=O)N1CCC[P+](c1ccccc1)(c1ccccc1)c1ccccc1. The van der Waals surface area contributed by atoms with Gasteiger partial charge >= 0.3 is 0 Å². The highest BCUT2D eigenvalue weighted by molar-refractivity contribution is 7.95. The molecule has 2 amide bonds. The molecule has 4 heteroatoms. The Morgan fingerprint density at radius 3 is 1.38 bits per heavy atom. The predicted octanol–water partition coefficient (Wildman–Crippen LogP) is 3.52. The molecule has 3 aromatic carbocycles. The van der Waals surface area contributed by atoms with Crippen molar-refractivity contribution < 1.29 is 9.59 Å². The lowest BCUT2D eigenvalue weighted by Crippen LogP contribution is -2.36. The van der Waals surface area contributed by atoms with E-state index in [0.717, 1.165) is 12.6 Å². The Labute approximate surface area is 172 Å². The maximum atomic E-state index is 12.1. The van der Waals surface area contributed by atoms with Crippen molar-refractivity contribution in [2.24, 2.45) is 0 Å². The Balaban J connectivity index is 1.75. The van der Waals surface area contributed by atoms with Crippen molar-refractivity contribution in [1.29, 1.82) is 0 Å². The number of imide groups is 1. The Bertz CT molecular complexity index is 861. The number of carbonyl (C=O) groups excluding carboxylic acids is 2. The van der Waals surface area contributed by atoms with Gasteiger partial charge in [-0.2, -0.15) is 0 Å². The summed E-state index contributed by atoms with van der Waals surface area (Å²) in [4.78, 5) is 25.6. The van der Waals surface area contributed by atoms with E-state index in [4.69, 9.17) is 0 Å². The molecule has 0 saturated carbocycles. The number of carbonyl (C=O) groups is 2. The molecule has 1 heterocycles. The van der Waals surface area contributed by atoms with Gasteiger partial charge in [-0.3, -0.25) is 14.5 Å². The molecule has 1 aliphatic heterocycles. The first kappa shape index (κ1) is 19.5. The molecule has 1 saturated heterocycles. The Morgan fingerprint density at radius 2 is 1.00 bits per heavy atom. The van der Waals surface area contributed by atoms with Crippen LogP contribution in [0.4, 0.5) is 0 Å². The number of nitrogens with zero attached hydrogens (tertiary/aromatic N) is 1. The zero-order valence-electron chi connectivity index (χ0n) is 16.4. The minimum atomic E-state index is -1.90. The number of benzene rings is 3. The summed E-state index contributed by atoms with van der Waals surface area (Å²) in [5.41, 5.74) is 0. The number of likely N-dealkylation sites (tertiary alicyclic amines) is 1. The van der Waals surface area contributed by atoms with Crippen LogP contribution in [0.15, 0.2) is 91.0 Å². The summed E-state index contributed by atoms with van der Waals surface area (Å²) in [6.45, 7) is 0.506. The molecule has 0 aromatic heterocycles. The third-order valence-corrected chi connectivity index (χ3v) is 10.1. The first-order valence-electron chi connectivity index (χ1n) is 10.1. The molecule has 29 heavy (non-hydrogen) atoms. The minimum Gasteiger partial charge on any atom is -0.282 e. The summed E-state index contributed by atoms with van der Waals surface area (Å²) in [7, 11) is -1.90. The molecule has 4 rings (SSSR count). The second kappa shape index (κ2) is 8.71. The molecular weight excluding hydrogens is 377 g/mol. The first-order chi connectivity index (χ1) is 14.2. The van der Waals surface area contributed by atoms with Gasteiger partial charge in [-0.25, -0.2) is 0 Å². The smallest absolute Gasteiger partial charge is 0.229 e. The van der Waals surface area contributed by atoms with E-state index in [1.165, 1.54) is 20.8 Å². The second-order valence-electron chi connectivity index (χ2n) is 7.33. The van der Waals surface area contributed by atoms with Crippen LogP contribution < -0.4 is 15.9 Å². The summed E-state index contributed by atoms with van der Waals surface area (Å²) in [6, 6.07) is 32.1. The van der Waals surface area contributed by atoms with E-state index >= 15 is 0 Å². The van der Waals surface area contributed by atoms with E-state index in [0.29, 0.717) is 19.4 Å². The highest BCUT2D eigenvalue weighted by atomic mass is 31.2. The van der Waals surface area contributed by atoms with Crippen molar-refractivity contribution in [2.45, 2.75) is 19.3 Å². The molecule has 0 N–H and O–H groups in total. The van der Waals surface area contributed by atoms with Crippen LogP contribution >= 0.6 is 7.26 Å². The van der Waals surface area contributed by atoms with Gasteiger partial charge in [0.1, 0.15) is 23.2 Å². The summed E-state index contributed by atoms with van der Waals surface area (Å²) in [5.74, 6) is -0.0591. The average Bonchev–Trinajstić information content (AvgIpc) is 3.11. The normalized spacial score (nSPS) is 14.4. The van der Waals surface area contributed by atoms with Gasteiger partial charge in [0, 0.05) is 25.8 Å². The molecule has 0 aliphatic carbocycles. The van der Waals surface area contributed by atoms with Crippen molar-refractivity contribution in [2.75, 3.05) is 12.7 Å². The summed E-state index contributed by atoms with van der Waals surface area (Å²) in [5, 5.41) is 3.99. The molecule has 3 nitrogen and oxygen atoms in total. The Hall–Kier alpha value is -2.77. The number of amides is 2. The molecule has 1 fully saturated rings. The van der Waals surface area contributed by atoms with Gasteiger partial charge in [0.15, 0.2) is 0 Å². The van der Waals surface area contributed by atoms with Crippen LogP contribution in [0.3, 0.4) is 0 Å². The Morgan fingerprint density at radius 1 is 0.621 bits per heavy atom. The molecular formula is C25H25NO2P+. The van der Waals surface area contributed by atoms with Crippen molar-refractivity contribution in [3.8, 4) is 0 Å². The van der Waals surface area contributed by atoms with Gasteiger partial charge in [0.25, 0.3) is 0 Å². The van der Waals surface area contributed by atoms with Crippen LogP contribution in [0.25, 0.3) is 0 Å². The van der Waals surface area contributed by atoms with E-state index in [-0.39, 0.29) is 11.8 Å². The maximum Gasteiger partial charge on any atom is 0.229 e. The fourth-order valence-corrected chi connectivity index (χ4v) is 8.55. The largest absolute Gasteiger partial charge is 0.282 e. The molecule has 0 bridgehead atoms. The third-order valence-electron chi connectivity index (χ3n) is 5.62. The topological polar surface area (TPSA) is 37.4 Å². The van der Waals surface area contributed by atoms with Crippen molar-refractivity contribution in [3.63, 3.8) is 0 Å². The zero-order chi connectivity index (χ0) is 20.1. The van der Waals surface area contributed by atoms with Crippen LogP contribution in [0, 0.1) is 0 Å². The molecule has 1 aliphatic rings. The summed E-state index contributed by atoms with van der Waals surface area (Å²) < 4.78 is 0. The molecule has 146 valence electrons. The van der Waals surface area contributed by atoms with E-state index in [1.807, 2.05) is 0 Å². The van der Waals surface area contributed by atoms with Gasteiger partial charge in [-0.15, -0.1) is 0 Å². The summed E-state index contributed by atoms with van der Waals surface area (Å²) in [6.07, 6.45) is 2.43. The van der Waals surface area contributed by atoms with Crippen LogP contribution in [0.5, 0.6) is 0 Å². The van der Waals surface area contributed by atoms with Crippen molar-refractivity contribution in [1.82, 2.24) is 4.90 Å². The maximum absolute atomic E-state index is 12.1.